The predicted molar refractivity (Wildman–Crippen MR) is 84.5 cm³/mol. The van der Waals surface area contributed by atoms with E-state index >= 15 is 0 Å². The zero-order chi connectivity index (χ0) is 13.7. The zero-order valence-corrected chi connectivity index (χ0v) is 12.8. The lowest BCUT2D eigenvalue weighted by Gasteiger charge is -2.24. The molecule has 1 aliphatic rings. The summed E-state index contributed by atoms with van der Waals surface area (Å²) in [6, 6.07) is 2.46. The number of nitrogens with one attached hydrogen (secondary N) is 1. The van der Waals surface area contributed by atoms with Gasteiger partial charge in [0.05, 0.1) is 0 Å². The van der Waals surface area contributed by atoms with E-state index in [9.17, 15) is 0 Å². The Hall–Kier alpha value is -0.740. The number of rotatable bonds is 5. The summed E-state index contributed by atoms with van der Waals surface area (Å²) in [4.78, 5) is 4.27. The van der Waals surface area contributed by atoms with Crippen molar-refractivity contribution < 1.29 is 0 Å². The molecule has 1 fully saturated rings. The molecule has 2 rings (SSSR count). The van der Waals surface area contributed by atoms with Gasteiger partial charge in [-0.25, -0.2) is 4.98 Å². The molecule has 0 aliphatic heterocycles. The van der Waals surface area contributed by atoms with Gasteiger partial charge in [0, 0.05) is 28.8 Å². The molecule has 0 bridgehead atoms. The van der Waals surface area contributed by atoms with Crippen molar-refractivity contribution in [2.45, 2.75) is 50.3 Å². The minimum atomic E-state index is 0.305. The first-order valence-electron chi connectivity index (χ1n) is 7.21. The van der Waals surface area contributed by atoms with E-state index in [0.29, 0.717) is 11.9 Å². The van der Waals surface area contributed by atoms with Gasteiger partial charge in [0.25, 0.3) is 0 Å². The number of thioether (sulfide) groups is 1. The Bertz CT molecular complexity index is 402. The fourth-order valence-corrected chi connectivity index (χ4v) is 4.15. The molecule has 0 aromatic carbocycles. The minimum Gasteiger partial charge on any atom is -0.383 e. The third-order valence-corrected chi connectivity index (χ3v) is 5.33. The van der Waals surface area contributed by atoms with Gasteiger partial charge in [-0.2, -0.15) is 11.8 Å². The molecule has 1 heterocycles. The van der Waals surface area contributed by atoms with Crippen LogP contribution in [-0.4, -0.2) is 23.0 Å². The monoisotopic (exact) mass is 279 g/mol. The fourth-order valence-electron chi connectivity index (χ4n) is 2.67. The Morgan fingerprint density at radius 2 is 2.16 bits per heavy atom. The molecule has 1 aromatic rings. The van der Waals surface area contributed by atoms with Gasteiger partial charge in [-0.05, 0) is 38.4 Å². The Morgan fingerprint density at radius 1 is 1.42 bits per heavy atom. The smallest absolute Gasteiger partial charge is 0.128 e. The lowest BCUT2D eigenvalue weighted by atomic mass is 10.0. The van der Waals surface area contributed by atoms with Crippen molar-refractivity contribution in [3.63, 3.8) is 0 Å². The maximum atomic E-state index is 6.01. The van der Waals surface area contributed by atoms with Crippen LogP contribution < -0.4 is 11.1 Å². The lowest BCUT2D eigenvalue weighted by Crippen LogP contribution is -2.22. The lowest BCUT2D eigenvalue weighted by molar-refractivity contribution is 0.515. The molecule has 0 amide bonds. The van der Waals surface area contributed by atoms with E-state index in [4.69, 9.17) is 5.73 Å². The number of nitrogens with two attached hydrogens (primary N) is 1. The summed E-state index contributed by atoms with van der Waals surface area (Å²) < 4.78 is 0. The van der Waals surface area contributed by atoms with Crippen molar-refractivity contribution in [3.8, 4) is 0 Å². The van der Waals surface area contributed by atoms with Crippen LogP contribution in [0.4, 0.5) is 5.82 Å². The summed E-state index contributed by atoms with van der Waals surface area (Å²) in [5, 5.41) is 4.22. The van der Waals surface area contributed by atoms with Gasteiger partial charge in [0.2, 0.25) is 0 Å². The first kappa shape index (κ1) is 14.7. The third-order valence-electron chi connectivity index (χ3n) is 3.86. The van der Waals surface area contributed by atoms with Crippen LogP contribution in [0.3, 0.4) is 0 Å². The van der Waals surface area contributed by atoms with E-state index in [0.717, 1.165) is 16.6 Å². The fraction of sp³-hybridized carbons (Fsp3) is 0.667. The number of nitrogen functional groups attached to an aromatic ring is 1. The highest BCUT2D eigenvalue weighted by Gasteiger charge is 2.18. The molecule has 19 heavy (non-hydrogen) atoms. The van der Waals surface area contributed by atoms with E-state index in [1.165, 1.54) is 37.7 Å². The molecular weight excluding hydrogens is 254 g/mol. The number of hydrogen-bond donors (Lipinski definition) is 2. The van der Waals surface area contributed by atoms with Gasteiger partial charge in [-0.3, -0.25) is 0 Å². The summed E-state index contributed by atoms with van der Waals surface area (Å²) in [5.74, 6) is 1.74. The number of pyridine rings is 1. The van der Waals surface area contributed by atoms with Crippen LogP contribution in [0.5, 0.6) is 0 Å². The van der Waals surface area contributed by atoms with Crippen LogP contribution in [0.1, 0.15) is 49.3 Å². The molecule has 1 aromatic heterocycles. The number of anilines is 1. The second kappa shape index (κ2) is 7.15. The van der Waals surface area contributed by atoms with E-state index in [1.54, 1.807) is 0 Å². The average Bonchev–Trinajstić information content (AvgIpc) is 2.44. The molecule has 4 heteroatoms. The SMILES string of the molecule is CNC(CSC1CCCCC1)c1cc(C)cnc1N. The molecule has 106 valence electrons. The van der Waals surface area contributed by atoms with Gasteiger partial charge in [0.15, 0.2) is 0 Å². The molecule has 0 spiro atoms. The number of nitrogens with zero attached hydrogens (tertiary/aromatic N) is 1. The van der Waals surface area contributed by atoms with E-state index in [2.05, 4.69) is 35.1 Å². The summed E-state index contributed by atoms with van der Waals surface area (Å²) >= 11 is 2.09. The predicted octanol–water partition coefficient (Wildman–Crippen LogP) is 3.30. The van der Waals surface area contributed by atoms with Crippen LogP contribution in [0.2, 0.25) is 0 Å². The average molecular weight is 279 g/mol. The Balaban J connectivity index is 1.97. The van der Waals surface area contributed by atoms with Gasteiger partial charge >= 0.3 is 0 Å². The quantitative estimate of drug-likeness (QED) is 0.868. The van der Waals surface area contributed by atoms with E-state index in [1.807, 2.05) is 13.2 Å². The van der Waals surface area contributed by atoms with E-state index < -0.39 is 0 Å². The van der Waals surface area contributed by atoms with Gasteiger partial charge in [0.1, 0.15) is 5.82 Å². The van der Waals surface area contributed by atoms with Crippen LogP contribution in [-0.2, 0) is 0 Å². The summed E-state index contributed by atoms with van der Waals surface area (Å²) in [6.07, 6.45) is 8.80. The van der Waals surface area contributed by atoms with Crippen LogP contribution in [0.25, 0.3) is 0 Å². The van der Waals surface area contributed by atoms with Crippen LogP contribution in [0, 0.1) is 6.92 Å². The zero-order valence-electron chi connectivity index (χ0n) is 12.0. The normalized spacial score (nSPS) is 18.4. The highest BCUT2D eigenvalue weighted by molar-refractivity contribution is 7.99. The molecular formula is C15H25N3S. The highest BCUT2D eigenvalue weighted by atomic mass is 32.2. The van der Waals surface area contributed by atoms with Crippen molar-refractivity contribution in [1.82, 2.24) is 10.3 Å². The Kier molecular flexibility index (Phi) is 5.52. The maximum absolute atomic E-state index is 6.01. The third kappa shape index (κ3) is 4.11. The Morgan fingerprint density at radius 3 is 2.84 bits per heavy atom. The molecule has 0 saturated heterocycles. The van der Waals surface area contributed by atoms with Gasteiger partial charge in [-0.15, -0.1) is 0 Å². The van der Waals surface area contributed by atoms with Crippen molar-refractivity contribution in [3.05, 3.63) is 23.4 Å². The second-order valence-corrected chi connectivity index (χ2v) is 6.76. The molecule has 1 saturated carbocycles. The molecule has 0 radical (unpaired) electrons. The highest BCUT2D eigenvalue weighted by Crippen LogP contribution is 2.32. The molecule has 3 nitrogen and oxygen atoms in total. The van der Waals surface area contributed by atoms with E-state index in [-0.39, 0.29) is 0 Å². The summed E-state index contributed by atoms with van der Waals surface area (Å²) in [5.41, 5.74) is 8.33. The van der Waals surface area contributed by atoms with Crippen LogP contribution >= 0.6 is 11.8 Å². The van der Waals surface area contributed by atoms with Crippen molar-refractivity contribution >= 4 is 17.6 Å². The summed E-state index contributed by atoms with van der Waals surface area (Å²) in [6.45, 7) is 2.07. The first-order valence-corrected chi connectivity index (χ1v) is 8.26. The number of aryl methyl sites for hydroxylation is 1. The van der Waals surface area contributed by atoms with Gasteiger partial charge in [-0.1, -0.05) is 19.3 Å². The molecule has 1 aliphatic carbocycles. The maximum Gasteiger partial charge on any atom is 0.128 e. The van der Waals surface area contributed by atoms with Crippen molar-refractivity contribution in [1.29, 1.82) is 0 Å². The molecule has 3 N–H and O–H groups in total. The van der Waals surface area contributed by atoms with Crippen LogP contribution in [0.15, 0.2) is 12.3 Å². The molecule has 1 unspecified atom stereocenters. The topological polar surface area (TPSA) is 50.9 Å². The van der Waals surface area contributed by atoms with Gasteiger partial charge < -0.3 is 11.1 Å². The first-order chi connectivity index (χ1) is 9.20. The van der Waals surface area contributed by atoms with Crippen molar-refractivity contribution in [2.24, 2.45) is 0 Å². The number of aromatic nitrogens is 1. The number of hydrogen-bond acceptors (Lipinski definition) is 4. The second-order valence-electron chi connectivity index (χ2n) is 5.42. The largest absolute Gasteiger partial charge is 0.383 e. The Labute approximate surface area is 120 Å². The minimum absolute atomic E-state index is 0.305. The summed E-state index contributed by atoms with van der Waals surface area (Å²) in [7, 11) is 2.01. The van der Waals surface area contributed by atoms with Crippen molar-refractivity contribution in [2.75, 3.05) is 18.5 Å². The molecule has 1 atom stereocenters. The standard InChI is InChI=1S/C15H25N3S/c1-11-8-13(15(16)18-9-11)14(17-2)10-19-12-6-4-3-5-7-12/h8-9,12,14,17H,3-7,10H2,1-2H3,(H2,16,18).